The van der Waals surface area contributed by atoms with Crippen molar-refractivity contribution < 1.29 is 23.5 Å². The summed E-state index contributed by atoms with van der Waals surface area (Å²) in [7, 11) is 0. The third-order valence-electron chi connectivity index (χ3n) is 2.06. The molecule has 0 radical (unpaired) electrons. The lowest BCUT2D eigenvalue weighted by Crippen LogP contribution is -2.37. The summed E-state index contributed by atoms with van der Waals surface area (Å²) in [5.74, 6) is -3.32. The summed E-state index contributed by atoms with van der Waals surface area (Å²) in [6, 6.07) is 1.94. The van der Waals surface area contributed by atoms with Gasteiger partial charge in [-0.05, 0) is 19.1 Å². The van der Waals surface area contributed by atoms with E-state index in [0.717, 1.165) is 6.07 Å². The molecule has 1 aromatic carbocycles. The topological polar surface area (TPSA) is 78.4 Å². The van der Waals surface area contributed by atoms with Crippen molar-refractivity contribution >= 4 is 17.7 Å². The van der Waals surface area contributed by atoms with E-state index in [-0.39, 0.29) is 12.1 Å². The first-order chi connectivity index (χ1) is 8.40. The highest BCUT2D eigenvalue weighted by molar-refractivity contribution is 5.89. The smallest absolute Gasteiger partial charge is 0.319 e. The Labute approximate surface area is 102 Å². The zero-order valence-electron chi connectivity index (χ0n) is 9.54. The first-order valence-corrected chi connectivity index (χ1v) is 5.13. The number of benzene rings is 1. The molecule has 1 unspecified atom stereocenters. The summed E-state index contributed by atoms with van der Waals surface area (Å²) in [5.41, 5.74) is -0.310. The van der Waals surface area contributed by atoms with Crippen molar-refractivity contribution in [2.75, 3.05) is 5.32 Å². The molecule has 1 rings (SSSR count). The van der Waals surface area contributed by atoms with E-state index in [1.54, 1.807) is 0 Å². The minimum atomic E-state index is -1.17. The van der Waals surface area contributed by atoms with Crippen LogP contribution in [-0.2, 0) is 4.79 Å². The summed E-state index contributed by atoms with van der Waals surface area (Å²) in [4.78, 5) is 21.7. The van der Waals surface area contributed by atoms with Crippen LogP contribution < -0.4 is 10.6 Å². The number of hydrogen-bond acceptors (Lipinski definition) is 2. The summed E-state index contributed by atoms with van der Waals surface area (Å²) in [5, 5.41) is 12.9. The highest BCUT2D eigenvalue weighted by atomic mass is 19.2. The van der Waals surface area contributed by atoms with Crippen LogP contribution in [0.3, 0.4) is 0 Å². The number of urea groups is 1. The van der Waals surface area contributed by atoms with Gasteiger partial charge in [0.15, 0.2) is 11.6 Å². The van der Waals surface area contributed by atoms with Gasteiger partial charge in [0.1, 0.15) is 0 Å². The third kappa shape index (κ3) is 4.00. The maximum absolute atomic E-state index is 13.2. The van der Waals surface area contributed by atoms with Gasteiger partial charge in [0.05, 0.1) is 12.1 Å². The predicted octanol–water partition coefficient (Wildman–Crippen LogP) is 1.95. The Hall–Kier alpha value is -2.18. The summed E-state index contributed by atoms with van der Waals surface area (Å²) >= 11 is 0. The third-order valence-corrected chi connectivity index (χ3v) is 2.06. The molecule has 7 heteroatoms. The molecule has 0 spiro atoms. The van der Waals surface area contributed by atoms with E-state index in [1.165, 1.54) is 19.1 Å². The van der Waals surface area contributed by atoms with E-state index in [0.29, 0.717) is 0 Å². The van der Waals surface area contributed by atoms with Gasteiger partial charge in [-0.2, -0.15) is 0 Å². The number of carboxylic acid groups (broad SMARTS) is 1. The molecule has 1 aromatic rings. The van der Waals surface area contributed by atoms with Crippen molar-refractivity contribution in [2.45, 2.75) is 19.4 Å². The number of rotatable bonds is 4. The number of carbonyl (C=O) groups is 2. The summed E-state index contributed by atoms with van der Waals surface area (Å²) < 4.78 is 26.0. The Morgan fingerprint density at radius 1 is 1.39 bits per heavy atom. The van der Waals surface area contributed by atoms with Crippen molar-refractivity contribution in [1.29, 1.82) is 0 Å². The zero-order chi connectivity index (χ0) is 13.7. The molecule has 0 saturated heterocycles. The molecular formula is C11H12F2N2O3. The average molecular weight is 258 g/mol. The molecule has 3 N–H and O–H groups in total. The van der Waals surface area contributed by atoms with Gasteiger partial charge >= 0.3 is 12.0 Å². The first kappa shape index (κ1) is 13.9. The van der Waals surface area contributed by atoms with E-state index >= 15 is 0 Å². The molecule has 0 saturated carbocycles. The number of nitrogens with one attached hydrogen (secondary N) is 2. The summed E-state index contributed by atoms with van der Waals surface area (Å²) in [6.45, 7) is 1.48. The van der Waals surface area contributed by atoms with Crippen molar-refractivity contribution in [3.05, 3.63) is 29.8 Å². The maximum Gasteiger partial charge on any atom is 0.319 e. The molecule has 0 aliphatic heterocycles. The van der Waals surface area contributed by atoms with Crippen LogP contribution in [0.5, 0.6) is 0 Å². The lowest BCUT2D eigenvalue weighted by molar-refractivity contribution is -0.137. The first-order valence-electron chi connectivity index (χ1n) is 5.13. The number of halogens is 2. The van der Waals surface area contributed by atoms with Gasteiger partial charge in [-0.25, -0.2) is 13.6 Å². The van der Waals surface area contributed by atoms with Crippen molar-refractivity contribution in [3.8, 4) is 0 Å². The molecule has 0 aliphatic carbocycles. The van der Waals surface area contributed by atoms with Gasteiger partial charge in [-0.3, -0.25) is 4.79 Å². The Balaban J connectivity index is 2.59. The lowest BCUT2D eigenvalue weighted by atomic mass is 10.2. The predicted molar refractivity (Wildman–Crippen MR) is 60.2 cm³/mol. The Bertz CT molecular complexity index is 466. The van der Waals surface area contributed by atoms with Crippen LogP contribution in [-0.4, -0.2) is 23.1 Å². The van der Waals surface area contributed by atoms with Gasteiger partial charge in [-0.1, -0.05) is 6.07 Å². The minimum absolute atomic E-state index is 0.265. The van der Waals surface area contributed by atoms with Gasteiger partial charge in [0.2, 0.25) is 0 Å². The van der Waals surface area contributed by atoms with E-state index in [1.807, 2.05) is 0 Å². The molecule has 98 valence electrons. The number of anilines is 1. The van der Waals surface area contributed by atoms with Crippen LogP contribution in [0.4, 0.5) is 19.3 Å². The Kier molecular flexibility index (Phi) is 4.59. The zero-order valence-corrected chi connectivity index (χ0v) is 9.54. The van der Waals surface area contributed by atoms with E-state index in [9.17, 15) is 18.4 Å². The normalized spacial score (nSPS) is 11.7. The van der Waals surface area contributed by atoms with Crippen molar-refractivity contribution in [1.82, 2.24) is 5.32 Å². The molecule has 2 amide bonds. The monoisotopic (exact) mass is 258 g/mol. The molecule has 0 aliphatic rings. The quantitative estimate of drug-likeness (QED) is 0.772. The Morgan fingerprint density at radius 3 is 2.67 bits per heavy atom. The largest absolute Gasteiger partial charge is 0.481 e. The fourth-order valence-corrected chi connectivity index (χ4v) is 1.30. The van der Waals surface area contributed by atoms with Crippen molar-refractivity contribution in [3.63, 3.8) is 0 Å². The van der Waals surface area contributed by atoms with Crippen LogP contribution in [0.2, 0.25) is 0 Å². The maximum atomic E-state index is 13.2. The van der Waals surface area contributed by atoms with Crippen LogP contribution >= 0.6 is 0 Å². The minimum Gasteiger partial charge on any atom is -0.481 e. The second-order valence-electron chi connectivity index (χ2n) is 3.70. The fraction of sp³-hybridized carbons (Fsp3) is 0.273. The average Bonchev–Trinajstić information content (AvgIpc) is 2.23. The highest BCUT2D eigenvalue weighted by Gasteiger charge is 2.13. The second kappa shape index (κ2) is 5.95. The van der Waals surface area contributed by atoms with Crippen LogP contribution in [0.1, 0.15) is 13.3 Å². The molecular weight excluding hydrogens is 246 g/mol. The van der Waals surface area contributed by atoms with Crippen LogP contribution in [0, 0.1) is 11.6 Å². The number of carbonyl (C=O) groups excluding carboxylic acids is 1. The molecule has 5 nitrogen and oxygen atoms in total. The van der Waals surface area contributed by atoms with Gasteiger partial charge in [0, 0.05) is 6.04 Å². The Morgan fingerprint density at radius 2 is 2.06 bits per heavy atom. The van der Waals surface area contributed by atoms with E-state index < -0.39 is 29.7 Å². The van der Waals surface area contributed by atoms with E-state index in [2.05, 4.69) is 10.6 Å². The molecule has 0 bridgehead atoms. The van der Waals surface area contributed by atoms with Gasteiger partial charge in [-0.15, -0.1) is 0 Å². The van der Waals surface area contributed by atoms with Crippen LogP contribution in [0.15, 0.2) is 18.2 Å². The number of carboxylic acids is 1. The molecule has 0 fully saturated rings. The van der Waals surface area contributed by atoms with Gasteiger partial charge in [0.25, 0.3) is 0 Å². The summed E-state index contributed by atoms with van der Waals surface area (Å²) in [6.07, 6.45) is -0.265. The van der Waals surface area contributed by atoms with Crippen molar-refractivity contribution in [2.24, 2.45) is 0 Å². The highest BCUT2D eigenvalue weighted by Crippen LogP contribution is 2.16. The fourth-order valence-electron chi connectivity index (χ4n) is 1.30. The number of aliphatic carboxylic acids is 1. The SMILES string of the molecule is CC(CC(=O)O)NC(=O)Nc1cccc(F)c1F. The van der Waals surface area contributed by atoms with Gasteiger partial charge < -0.3 is 15.7 Å². The molecule has 18 heavy (non-hydrogen) atoms. The molecule has 1 atom stereocenters. The second-order valence-corrected chi connectivity index (χ2v) is 3.70. The molecule has 0 aromatic heterocycles. The molecule has 0 heterocycles. The van der Waals surface area contributed by atoms with Crippen LogP contribution in [0.25, 0.3) is 0 Å². The standard InChI is InChI=1S/C11H12F2N2O3/c1-6(5-9(16)17)14-11(18)15-8-4-2-3-7(12)10(8)13/h2-4,6H,5H2,1H3,(H,16,17)(H2,14,15,18). The number of amides is 2. The lowest BCUT2D eigenvalue weighted by Gasteiger charge is -2.13. The van der Waals surface area contributed by atoms with E-state index in [4.69, 9.17) is 5.11 Å². The number of hydrogen-bond donors (Lipinski definition) is 3.